The summed E-state index contributed by atoms with van der Waals surface area (Å²) in [6.45, 7) is 5.33. The van der Waals surface area contributed by atoms with Gasteiger partial charge in [-0.2, -0.15) is 0 Å². The van der Waals surface area contributed by atoms with Crippen molar-refractivity contribution in [1.29, 1.82) is 0 Å². The molecule has 0 aromatic heterocycles. The van der Waals surface area contributed by atoms with Crippen LogP contribution in [0.25, 0.3) is 0 Å². The first kappa shape index (κ1) is 22.8. The number of hydrogen-bond donors (Lipinski definition) is 1. The first-order valence-corrected chi connectivity index (χ1v) is 9.09. The van der Waals surface area contributed by atoms with Crippen LogP contribution < -0.4 is 0 Å². The van der Waals surface area contributed by atoms with Crippen LogP contribution in [-0.2, 0) is 19.1 Å². The molecule has 2 atom stereocenters. The number of ether oxygens (including phenoxy) is 2. The van der Waals surface area contributed by atoms with Crippen LogP contribution in [0.2, 0.25) is 0 Å². The average Bonchev–Trinajstić information content (AvgIpc) is 2.66. The molecule has 0 heterocycles. The molecule has 0 unspecified atom stereocenters. The lowest BCUT2D eigenvalue weighted by Crippen LogP contribution is -2.28. The predicted molar refractivity (Wildman–Crippen MR) is 105 cm³/mol. The number of esters is 1. The second-order valence-corrected chi connectivity index (χ2v) is 6.60. The van der Waals surface area contributed by atoms with Crippen molar-refractivity contribution < 1.29 is 24.2 Å². The molecular formula is C22H30O5. The summed E-state index contributed by atoms with van der Waals surface area (Å²) in [6, 6.07) is 9.05. The zero-order valence-electron chi connectivity index (χ0n) is 16.6. The van der Waals surface area contributed by atoms with Crippen molar-refractivity contribution in [2.75, 3.05) is 13.7 Å². The molecule has 0 spiro atoms. The lowest BCUT2D eigenvalue weighted by Gasteiger charge is -2.19. The number of carbonyl (C=O) groups is 2. The highest BCUT2D eigenvalue weighted by molar-refractivity contribution is 5.85. The molecule has 0 aliphatic carbocycles. The molecule has 0 radical (unpaired) electrons. The number of Topliss-reactive ketones (excluding diaryl/α,β-unsaturated/α-hetero) is 1. The SMILES string of the molecule is CO[C@@H](C(=O)O[C@@H](C/C=C(/C)CC/C=C(\C)CO)C(C)=O)c1ccccc1. The van der Waals surface area contributed by atoms with Gasteiger partial charge in [-0.05, 0) is 39.2 Å². The molecule has 0 amide bonds. The van der Waals surface area contributed by atoms with Gasteiger partial charge in [-0.1, -0.05) is 53.6 Å². The van der Waals surface area contributed by atoms with E-state index >= 15 is 0 Å². The number of aliphatic hydroxyl groups excluding tert-OH is 1. The summed E-state index contributed by atoms with van der Waals surface area (Å²) in [7, 11) is 1.44. The van der Waals surface area contributed by atoms with Crippen LogP contribution in [0.1, 0.15) is 51.7 Å². The molecular weight excluding hydrogens is 344 g/mol. The largest absolute Gasteiger partial charge is 0.452 e. The van der Waals surface area contributed by atoms with Gasteiger partial charge >= 0.3 is 5.97 Å². The van der Waals surface area contributed by atoms with Crippen molar-refractivity contribution in [1.82, 2.24) is 0 Å². The van der Waals surface area contributed by atoms with Gasteiger partial charge in [-0.3, -0.25) is 4.79 Å². The molecule has 148 valence electrons. The van der Waals surface area contributed by atoms with E-state index in [0.717, 1.165) is 24.0 Å². The first-order valence-electron chi connectivity index (χ1n) is 9.09. The van der Waals surface area contributed by atoms with Gasteiger partial charge in [0.25, 0.3) is 0 Å². The van der Waals surface area contributed by atoms with Crippen molar-refractivity contribution in [3.8, 4) is 0 Å². The van der Waals surface area contributed by atoms with Crippen molar-refractivity contribution in [3.05, 3.63) is 59.2 Å². The highest BCUT2D eigenvalue weighted by Crippen LogP contribution is 2.20. The van der Waals surface area contributed by atoms with Crippen molar-refractivity contribution in [2.24, 2.45) is 0 Å². The maximum Gasteiger partial charge on any atom is 0.340 e. The second kappa shape index (κ2) is 12.2. The van der Waals surface area contributed by atoms with E-state index in [1.54, 1.807) is 12.1 Å². The van der Waals surface area contributed by atoms with Crippen molar-refractivity contribution >= 4 is 11.8 Å². The van der Waals surface area contributed by atoms with E-state index in [1.165, 1.54) is 14.0 Å². The summed E-state index contributed by atoms with van der Waals surface area (Å²) in [5, 5.41) is 8.99. The Morgan fingerprint density at radius 2 is 1.74 bits per heavy atom. The number of aliphatic hydroxyl groups is 1. The molecule has 0 aliphatic heterocycles. The molecule has 0 aliphatic rings. The van der Waals surface area contributed by atoms with Crippen LogP contribution in [0.5, 0.6) is 0 Å². The average molecular weight is 374 g/mol. The van der Waals surface area contributed by atoms with Crippen molar-refractivity contribution in [3.63, 3.8) is 0 Å². The summed E-state index contributed by atoms with van der Waals surface area (Å²) < 4.78 is 10.7. The fourth-order valence-corrected chi connectivity index (χ4v) is 2.52. The van der Waals surface area contributed by atoms with Gasteiger partial charge in [0, 0.05) is 13.5 Å². The summed E-state index contributed by atoms with van der Waals surface area (Å²) in [5.74, 6) is -0.775. The highest BCUT2D eigenvalue weighted by Gasteiger charge is 2.26. The van der Waals surface area contributed by atoms with E-state index in [9.17, 15) is 9.59 Å². The van der Waals surface area contributed by atoms with Crippen LogP contribution in [0.3, 0.4) is 0 Å². The van der Waals surface area contributed by atoms with Crippen molar-refractivity contribution in [2.45, 2.75) is 52.2 Å². The second-order valence-electron chi connectivity index (χ2n) is 6.60. The van der Waals surface area contributed by atoms with Crippen LogP contribution in [0.15, 0.2) is 53.6 Å². The minimum absolute atomic E-state index is 0.0627. The fraction of sp³-hybridized carbons (Fsp3) is 0.455. The Labute approximate surface area is 161 Å². The Hall–Kier alpha value is -2.24. The number of allylic oxidation sites excluding steroid dienone is 2. The van der Waals surface area contributed by atoms with E-state index in [2.05, 4.69) is 0 Å². The van der Waals surface area contributed by atoms with Crippen LogP contribution >= 0.6 is 0 Å². The van der Waals surface area contributed by atoms with Gasteiger partial charge in [-0.15, -0.1) is 0 Å². The van der Waals surface area contributed by atoms with Gasteiger partial charge < -0.3 is 14.6 Å². The molecule has 5 heteroatoms. The zero-order chi connectivity index (χ0) is 20.2. The third kappa shape index (κ3) is 8.33. The van der Waals surface area contributed by atoms with Crippen LogP contribution in [0, 0.1) is 0 Å². The third-order valence-corrected chi connectivity index (χ3v) is 4.23. The summed E-state index contributed by atoms with van der Waals surface area (Å²) in [5.41, 5.74) is 2.72. The molecule has 0 saturated carbocycles. The first-order chi connectivity index (χ1) is 12.9. The topological polar surface area (TPSA) is 72.8 Å². The Morgan fingerprint density at radius 1 is 1.07 bits per heavy atom. The van der Waals surface area contributed by atoms with E-state index in [0.29, 0.717) is 12.0 Å². The normalized spacial score (nSPS) is 14.6. The molecule has 1 aromatic carbocycles. The number of carbonyl (C=O) groups excluding carboxylic acids is 2. The summed E-state index contributed by atoms with van der Waals surface area (Å²) in [6.07, 6.45) is 4.20. The molecule has 1 aromatic rings. The molecule has 5 nitrogen and oxygen atoms in total. The van der Waals surface area contributed by atoms with E-state index in [1.807, 2.05) is 44.2 Å². The molecule has 1 N–H and O–H groups in total. The highest BCUT2D eigenvalue weighted by atomic mass is 16.6. The Balaban J connectivity index is 2.68. The van der Waals surface area contributed by atoms with E-state index in [-0.39, 0.29) is 12.4 Å². The van der Waals surface area contributed by atoms with Gasteiger partial charge in [0.15, 0.2) is 18.0 Å². The minimum Gasteiger partial charge on any atom is -0.452 e. The standard InChI is InChI=1S/C22H30O5/c1-16(9-8-10-17(2)15-23)13-14-20(18(3)24)27-22(25)21(26-4)19-11-6-5-7-12-19/h5-7,10-13,20-21,23H,8-9,14-15H2,1-4H3/b16-13-,17-10+/t20-,21+/m0/s1. The van der Waals surface area contributed by atoms with E-state index in [4.69, 9.17) is 14.6 Å². The fourth-order valence-electron chi connectivity index (χ4n) is 2.52. The zero-order valence-corrected chi connectivity index (χ0v) is 16.6. The van der Waals surface area contributed by atoms with Crippen LogP contribution in [0.4, 0.5) is 0 Å². The lowest BCUT2D eigenvalue weighted by molar-refractivity contribution is -0.164. The molecule has 0 bridgehead atoms. The molecule has 1 rings (SSSR count). The number of rotatable bonds is 11. The maximum atomic E-state index is 12.5. The monoisotopic (exact) mass is 374 g/mol. The Morgan fingerprint density at radius 3 is 2.30 bits per heavy atom. The molecule has 0 saturated heterocycles. The maximum absolute atomic E-state index is 12.5. The third-order valence-electron chi connectivity index (χ3n) is 4.23. The smallest absolute Gasteiger partial charge is 0.340 e. The minimum atomic E-state index is -0.857. The van der Waals surface area contributed by atoms with Gasteiger partial charge in [-0.25, -0.2) is 4.79 Å². The number of ketones is 1. The Kier molecular flexibility index (Phi) is 10.3. The number of hydrogen-bond acceptors (Lipinski definition) is 5. The quantitative estimate of drug-likeness (QED) is 0.469. The number of methoxy groups -OCH3 is 1. The van der Waals surface area contributed by atoms with E-state index < -0.39 is 18.2 Å². The van der Waals surface area contributed by atoms with Gasteiger partial charge in [0.05, 0.1) is 6.61 Å². The van der Waals surface area contributed by atoms with Crippen LogP contribution in [-0.4, -0.2) is 36.7 Å². The van der Waals surface area contributed by atoms with Gasteiger partial charge in [0.1, 0.15) is 0 Å². The lowest BCUT2D eigenvalue weighted by atomic mass is 10.1. The molecule has 27 heavy (non-hydrogen) atoms. The Bertz CT molecular complexity index is 661. The summed E-state index contributed by atoms with van der Waals surface area (Å²) >= 11 is 0. The predicted octanol–water partition coefficient (Wildman–Crippen LogP) is 3.93. The number of benzene rings is 1. The summed E-state index contributed by atoms with van der Waals surface area (Å²) in [4.78, 5) is 24.4. The van der Waals surface area contributed by atoms with Gasteiger partial charge in [0.2, 0.25) is 0 Å². The molecule has 0 fully saturated rings.